The van der Waals surface area contributed by atoms with Gasteiger partial charge in [-0.2, -0.15) is 0 Å². The zero-order valence-electron chi connectivity index (χ0n) is 9.38. The predicted octanol–water partition coefficient (Wildman–Crippen LogP) is 2.56. The monoisotopic (exact) mass is 199 g/mol. The quantitative estimate of drug-likeness (QED) is 0.742. The molecule has 1 N–H and O–H groups in total. The van der Waals surface area contributed by atoms with E-state index in [1.165, 1.54) is 12.8 Å². The Kier molecular flexibility index (Phi) is 4.23. The average molecular weight is 199 g/mol. The van der Waals surface area contributed by atoms with Gasteiger partial charge in [0.15, 0.2) is 0 Å². The van der Waals surface area contributed by atoms with Crippen molar-refractivity contribution in [3.63, 3.8) is 0 Å². The van der Waals surface area contributed by atoms with Gasteiger partial charge < -0.3 is 10.1 Å². The highest BCUT2D eigenvalue weighted by Gasteiger charge is 2.29. The molecule has 0 saturated heterocycles. The Hall–Kier alpha value is -0.730. The Bertz CT molecular complexity index is 194. The van der Waals surface area contributed by atoms with E-state index in [0.717, 1.165) is 6.42 Å². The Morgan fingerprint density at radius 3 is 2.79 bits per heavy atom. The maximum atomic E-state index is 11.2. The number of amides is 1. The van der Waals surface area contributed by atoms with Crippen LogP contribution < -0.4 is 5.32 Å². The van der Waals surface area contributed by atoms with Crippen LogP contribution in [0.1, 0.15) is 40.0 Å². The average Bonchev–Trinajstić information content (AvgIpc) is 2.13. The summed E-state index contributed by atoms with van der Waals surface area (Å²) >= 11 is 0. The van der Waals surface area contributed by atoms with Gasteiger partial charge in [0.1, 0.15) is 6.10 Å². The Labute approximate surface area is 86.2 Å². The van der Waals surface area contributed by atoms with E-state index < -0.39 is 0 Å². The predicted molar refractivity (Wildman–Crippen MR) is 56.1 cm³/mol. The fourth-order valence-electron chi connectivity index (χ4n) is 2.02. The van der Waals surface area contributed by atoms with Crippen molar-refractivity contribution in [1.82, 2.24) is 5.32 Å². The van der Waals surface area contributed by atoms with E-state index in [4.69, 9.17) is 4.74 Å². The number of hydrogen-bond donors (Lipinski definition) is 1. The van der Waals surface area contributed by atoms with Crippen LogP contribution in [0, 0.1) is 11.8 Å². The van der Waals surface area contributed by atoms with E-state index in [-0.39, 0.29) is 12.2 Å². The van der Waals surface area contributed by atoms with Crippen LogP contribution in [0.5, 0.6) is 0 Å². The molecule has 0 bridgehead atoms. The summed E-state index contributed by atoms with van der Waals surface area (Å²) in [4.78, 5) is 11.2. The van der Waals surface area contributed by atoms with Gasteiger partial charge in [-0.3, -0.25) is 0 Å². The molecule has 1 fully saturated rings. The van der Waals surface area contributed by atoms with Crippen molar-refractivity contribution in [3.8, 4) is 0 Å². The molecule has 2 unspecified atom stereocenters. The minimum Gasteiger partial charge on any atom is -0.446 e. The molecule has 0 heterocycles. The fraction of sp³-hybridized carbons (Fsp3) is 0.909. The molecule has 0 aromatic heterocycles. The normalized spacial score (nSPS) is 32.4. The number of hydrogen-bond acceptors (Lipinski definition) is 2. The summed E-state index contributed by atoms with van der Waals surface area (Å²) in [6, 6.07) is 0. The summed E-state index contributed by atoms with van der Waals surface area (Å²) in [6.45, 7) is 6.94. The zero-order chi connectivity index (χ0) is 10.6. The molecule has 14 heavy (non-hydrogen) atoms. The second-order valence-electron chi connectivity index (χ2n) is 4.24. The van der Waals surface area contributed by atoms with Crippen molar-refractivity contribution < 1.29 is 9.53 Å². The molecule has 3 heteroatoms. The number of carbonyl (C=O) groups excluding carboxylic acids is 1. The number of ether oxygens (including phenoxy) is 1. The lowest BCUT2D eigenvalue weighted by atomic mass is 9.79. The van der Waals surface area contributed by atoms with Crippen LogP contribution in [-0.4, -0.2) is 18.7 Å². The van der Waals surface area contributed by atoms with Gasteiger partial charge in [-0.1, -0.05) is 20.3 Å². The minimum atomic E-state index is -0.265. The summed E-state index contributed by atoms with van der Waals surface area (Å²) in [7, 11) is 0. The van der Waals surface area contributed by atoms with Crippen LogP contribution in [0.25, 0.3) is 0 Å². The number of alkyl carbamates (subject to hydrolysis) is 1. The van der Waals surface area contributed by atoms with Gasteiger partial charge in [-0.15, -0.1) is 0 Å². The second kappa shape index (κ2) is 5.23. The maximum absolute atomic E-state index is 11.2. The maximum Gasteiger partial charge on any atom is 0.407 e. The standard InChI is InChI=1S/C11H21NO2/c1-4-12-11(13)14-10-7-5-6-8(2)9(10)3/h8-10H,4-7H2,1-3H3,(H,12,13)/t8?,9?,10-/m1/s1. The van der Waals surface area contributed by atoms with Crippen molar-refractivity contribution in [2.45, 2.75) is 46.1 Å². The van der Waals surface area contributed by atoms with E-state index >= 15 is 0 Å². The summed E-state index contributed by atoms with van der Waals surface area (Å²) < 4.78 is 5.36. The lowest BCUT2D eigenvalue weighted by Crippen LogP contribution is -2.36. The molecule has 1 saturated carbocycles. The molecule has 1 aliphatic rings. The highest BCUT2D eigenvalue weighted by atomic mass is 16.6. The Balaban J connectivity index is 2.39. The van der Waals surface area contributed by atoms with Gasteiger partial charge in [-0.25, -0.2) is 4.79 Å². The van der Waals surface area contributed by atoms with E-state index in [1.807, 2.05) is 6.92 Å². The highest BCUT2D eigenvalue weighted by molar-refractivity contribution is 5.67. The smallest absolute Gasteiger partial charge is 0.407 e. The molecule has 1 aliphatic carbocycles. The lowest BCUT2D eigenvalue weighted by molar-refractivity contribution is 0.0231. The molecule has 0 aromatic carbocycles. The summed E-state index contributed by atoms with van der Waals surface area (Å²) in [6.07, 6.45) is 3.30. The number of carbonyl (C=O) groups is 1. The van der Waals surface area contributed by atoms with Crippen molar-refractivity contribution in [2.24, 2.45) is 11.8 Å². The molecular formula is C11H21NO2. The lowest BCUT2D eigenvalue weighted by Gasteiger charge is -2.33. The summed E-state index contributed by atoms with van der Waals surface area (Å²) in [5.74, 6) is 1.16. The third-order valence-corrected chi connectivity index (χ3v) is 3.21. The van der Waals surface area contributed by atoms with Crippen molar-refractivity contribution >= 4 is 6.09 Å². The number of rotatable bonds is 2. The van der Waals surface area contributed by atoms with Gasteiger partial charge in [0.2, 0.25) is 0 Å². The van der Waals surface area contributed by atoms with E-state index in [9.17, 15) is 4.79 Å². The van der Waals surface area contributed by atoms with Crippen LogP contribution in [0.2, 0.25) is 0 Å². The minimum absolute atomic E-state index is 0.116. The van der Waals surface area contributed by atoms with Crippen molar-refractivity contribution in [3.05, 3.63) is 0 Å². The topological polar surface area (TPSA) is 38.3 Å². The molecule has 0 spiro atoms. The molecule has 82 valence electrons. The van der Waals surface area contributed by atoms with Crippen LogP contribution in [0.4, 0.5) is 4.79 Å². The largest absolute Gasteiger partial charge is 0.446 e. The van der Waals surface area contributed by atoms with Crippen molar-refractivity contribution in [2.75, 3.05) is 6.54 Å². The number of nitrogens with one attached hydrogen (secondary N) is 1. The molecule has 1 rings (SSSR count). The summed E-state index contributed by atoms with van der Waals surface area (Å²) in [5, 5.41) is 2.67. The van der Waals surface area contributed by atoms with E-state index in [1.54, 1.807) is 0 Å². The first kappa shape index (κ1) is 11.3. The van der Waals surface area contributed by atoms with Gasteiger partial charge in [0.05, 0.1) is 0 Å². The second-order valence-corrected chi connectivity index (χ2v) is 4.24. The fourth-order valence-corrected chi connectivity index (χ4v) is 2.02. The SMILES string of the molecule is CCNC(=O)O[C@@H]1CCCC(C)C1C. The van der Waals surface area contributed by atoms with Crippen LogP contribution in [0.15, 0.2) is 0 Å². The first-order chi connectivity index (χ1) is 6.65. The third kappa shape index (κ3) is 2.89. The van der Waals surface area contributed by atoms with Crippen LogP contribution in [-0.2, 0) is 4.74 Å². The highest BCUT2D eigenvalue weighted by Crippen LogP contribution is 2.31. The van der Waals surface area contributed by atoms with E-state index in [0.29, 0.717) is 18.4 Å². The molecule has 1 amide bonds. The molecule has 3 atom stereocenters. The zero-order valence-corrected chi connectivity index (χ0v) is 9.38. The van der Waals surface area contributed by atoms with Gasteiger partial charge in [0, 0.05) is 6.54 Å². The van der Waals surface area contributed by atoms with Gasteiger partial charge in [0.25, 0.3) is 0 Å². The third-order valence-electron chi connectivity index (χ3n) is 3.21. The molecule has 3 nitrogen and oxygen atoms in total. The summed E-state index contributed by atoms with van der Waals surface area (Å²) in [5.41, 5.74) is 0. The first-order valence-corrected chi connectivity index (χ1v) is 5.59. The first-order valence-electron chi connectivity index (χ1n) is 5.59. The van der Waals surface area contributed by atoms with Crippen LogP contribution in [0.3, 0.4) is 0 Å². The van der Waals surface area contributed by atoms with E-state index in [2.05, 4.69) is 19.2 Å². The Morgan fingerprint density at radius 2 is 2.14 bits per heavy atom. The molecule has 0 radical (unpaired) electrons. The van der Waals surface area contributed by atoms with Crippen LogP contribution >= 0.6 is 0 Å². The van der Waals surface area contributed by atoms with Gasteiger partial charge in [-0.05, 0) is 31.6 Å². The molecule has 0 aromatic rings. The molecular weight excluding hydrogens is 178 g/mol. The Morgan fingerprint density at radius 1 is 1.43 bits per heavy atom. The van der Waals surface area contributed by atoms with Gasteiger partial charge >= 0.3 is 6.09 Å². The molecule has 0 aliphatic heterocycles. The van der Waals surface area contributed by atoms with Crippen molar-refractivity contribution in [1.29, 1.82) is 0 Å².